The molecule has 0 N–H and O–H groups in total. The molecule has 6 heteroatoms. The van der Waals surface area contributed by atoms with Gasteiger partial charge in [0, 0.05) is 17.6 Å². The summed E-state index contributed by atoms with van der Waals surface area (Å²) in [4.78, 5) is 2.68. The zero-order chi connectivity index (χ0) is 25.7. The molecule has 2 aromatic rings. The topological polar surface area (TPSA) is 40.6 Å². The number of hydrogen-bond donors (Lipinski definition) is 0. The SMILES string of the molecule is CCCCCC(=Cc1ccccc1)CN(C(C)CCCN(CC)CC)S(=O)(=O)c1ccc(Cl)cc1. The summed E-state index contributed by atoms with van der Waals surface area (Å²) in [5, 5.41) is 0.534. The van der Waals surface area contributed by atoms with E-state index in [9.17, 15) is 8.42 Å². The van der Waals surface area contributed by atoms with Crippen LogP contribution in [0.1, 0.15) is 71.8 Å². The first kappa shape index (κ1) is 29.6. The fourth-order valence-corrected chi connectivity index (χ4v) is 6.09. The van der Waals surface area contributed by atoms with E-state index in [1.54, 1.807) is 28.6 Å². The van der Waals surface area contributed by atoms with E-state index in [-0.39, 0.29) is 6.04 Å². The quantitative estimate of drug-likeness (QED) is 0.216. The van der Waals surface area contributed by atoms with Crippen molar-refractivity contribution in [2.24, 2.45) is 0 Å². The summed E-state index contributed by atoms with van der Waals surface area (Å²) in [6.07, 6.45) is 8.16. The van der Waals surface area contributed by atoms with Gasteiger partial charge in [0.15, 0.2) is 0 Å². The molecule has 0 fully saturated rings. The standard InChI is InChI=1S/C29H43ClN2O2S/c1-5-8-10-17-27(23-26-15-11-9-12-16-26)24-32(25(4)14-13-22-31(6-2)7-3)35(33,34)29-20-18-28(30)19-21-29/h9,11-12,15-16,18-21,23,25H,5-8,10,13-14,17,22,24H2,1-4H3. The van der Waals surface area contributed by atoms with Crippen molar-refractivity contribution < 1.29 is 8.42 Å². The van der Waals surface area contributed by atoms with Crippen molar-refractivity contribution in [2.75, 3.05) is 26.2 Å². The molecular formula is C29H43ClN2O2S. The van der Waals surface area contributed by atoms with Crippen LogP contribution in [0.5, 0.6) is 0 Å². The third-order valence-corrected chi connectivity index (χ3v) is 8.76. The van der Waals surface area contributed by atoms with E-state index in [0.717, 1.165) is 69.3 Å². The highest BCUT2D eigenvalue weighted by Crippen LogP contribution is 2.26. The van der Waals surface area contributed by atoms with Crippen LogP contribution in [0.15, 0.2) is 65.1 Å². The van der Waals surface area contributed by atoms with Gasteiger partial charge in [-0.2, -0.15) is 4.31 Å². The summed E-state index contributed by atoms with van der Waals surface area (Å²) in [5.74, 6) is 0. The lowest BCUT2D eigenvalue weighted by Gasteiger charge is -2.30. The molecule has 1 atom stereocenters. The maximum atomic E-state index is 13.9. The largest absolute Gasteiger partial charge is 0.304 e. The number of hydrogen-bond acceptors (Lipinski definition) is 3. The van der Waals surface area contributed by atoms with Gasteiger partial charge in [0.2, 0.25) is 10.0 Å². The second-order valence-corrected chi connectivity index (χ2v) is 11.5. The lowest BCUT2D eigenvalue weighted by molar-refractivity contribution is 0.272. The number of unbranched alkanes of at least 4 members (excludes halogenated alkanes) is 2. The van der Waals surface area contributed by atoms with Gasteiger partial charge in [-0.1, -0.05) is 87.2 Å². The van der Waals surface area contributed by atoms with Gasteiger partial charge < -0.3 is 4.90 Å². The van der Waals surface area contributed by atoms with Crippen molar-refractivity contribution in [3.8, 4) is 0 Å². The van der Waals surface area contributed by atoms with E-state index < -0.39 is 10.0 Å². The number of rotatable bonds is 16. The predicted octanol–water partition coefficient (Wildman–Crippen LogP) is 7.51. The molecule has 0 spiro atoms. The molecule has 1 unspecified atom stereocenters. The van der Waals surface area contributed by atoms with E-state index in [0.29, 0.717) is 16.5 Å². The first-order valence-electron chi connectivity index (χ1n) is 13.1. The number of nitrogens with zero attached hydrogens (tertiary/aromatic N) is 2. The fraction of sp³-hybridized carbons (Fsp3) is 0.517. The minimum atomic E-state index is -3.68. The molecule has 0 aromatic heterocycles. The van der Waals surface area contributed by atoms with Crippen LogP contribution in [0.2, 0.25) is 5.02 Å². The second kappa shape index (κ2) is 15.5. The van der Waals surface area contributed by atoms with Crippen molar-refractivity contribution >= 4 is 27.7 Å². The first-order valence-corrected chi connectivity index (χ1v) is 14.9. The average molecular weight is 519 g/mol. The van der Waals surface area contributed by atoms with Crippen LogP contribution >= 0.6 is 11.6 Å². The van der Waals surface area contributed by atoms with E-state index >= 15 is 0 Å². The van der Waals surface area contributed by atoms with Crippen LogP contribution in [-0.4, -0.2) is 49.8 Å². The summed E-state index contributed by atoms with van der Waals surface area (Å²) in [7, 11) is -3.68. The lowest BCUT2D eigenvalue weighted by Crippen LogP contribution is -2.40. The predicted molar refractivity (Wildman–Crippen MR) is 150 cm³/mol. The maximum absolute atomic E-state index is 13.9. The molecule has 0 aliphatic heterocycles. The van der Waals surface area contributed by atoms with Gasteiger partial charge >= 0.3 is 0 Å². The van der Waals surface area contributed by atoms with Gasteiger partial charge in [-0.15, -0.1) is 0 Å². The summed E-state index contributed by atoms with van der Waals surface area (Å²) in [6.45, 7) is 12.0. The third-order valence-electron chi connectivity index (χ3n) is 6.53. The van der Waals surface area contributed by atoms with Crippen molar-refractivity contribution in [3.05, 3.63) is 70.8 Å². The molecule has 0 aliphatic rings. The third kappa shape index (κ3) is 9.72. The van der Waals surface area contributed by atoms with Crippen LogP contribution < -0.4 is 0 Å². The molecule has 2 rings (SSSR count). The number of sulfonamides is 1. The second-order valence-electron chi connectivity index (χ2n) is 9.19. The normalized spacial score (nSPS) is 13.5. The van der Waals surface area contributed by atoms with Crippen LogP contribution in [0.3, 0.4) is 0 Å². The molecule has 0 heterocycles. The Labute approximate surface area is 219 Å². The summed E-state index contributed by atoms with van der Waals surface area (Å²) >= 11 is 6.05. The molecule has 194 valence electrons. The Morgan fingerprint density at radius 2 is 1.60 bits per heavy atom. The summed E-state index contributed by atoms with van der Waals surface area (Å²) in [6, 6.07) is 16.6. The maximum Gasteiger partial charge on any atom is 0.243 e. The molecule has 4 nitrogen and oxygen atoms in total. The zero-order valence-electron chi connectivity index (χ0n) is 21.9. The van der Waals surface area contributed by atoms with Gasteiger partial charge in [0.05, 0.1) is 4.90 Å². The fourth-order valence-electron chi connectivity index (χ4n) is 4.30. The van der Waals surface area contributed by atoms with E-state index in [1.807, 2.05) is 25.1 Å². The number of benzene rings is 2. The van der Waals surface area contributed by atoms with Crippen molar-refractivity contribution in [3.63, 3.8) is 0 Å². The van der Waals surface area contributed by atoms with Gasteiger partial charge in [0.1, 0.15) is 0 Å². The molecule has 0 saturated heterocycles. The Bertz CT molecular complexity index is 987. The monoisotopic (exact) mass is 518 g/mol. The highest BCUT2D eigenvalue weighted by Gasteiger charge is 2.29. The first-order chi connectivity index (χ1) is 16.8. The van der Waals surface area contributed by atoms with E-state index in [1.165, 1.54) is 0 Å². The summed E-state index contributed by atoms with van der Waals surface area (Å²) < 4.78 is 29.4. The molecule has 2 aromatic carbocycles. The van der Waals surface area contributed by atoms with E-state index in [2.05, 4.69) is 43.9 Å². The smallest absolute Gasteiger partial charge is 0.243 e. The minimum Gasteiger partial charge on any atom is -0.304 e. The van der Waals surface area contributed by atoms with Gasteiger partial charge in [-0.25, -0.2) is 8.42 Å². The van der Waals surface area contributed by atoms with Crippen molar-refractivity contribution in [2.45, 2.75) is 77.2 Å². The molecule has 0 aliphatic carbocycles. The Kier molecular flexibility index (Phi) is 13.1. The van der Waals surface area contributed by atoms with Gasteiger partial charge in [-0.05, 0) is 82.1 Å². The highest BCUT2D eigenvalue weighted by molar-refractivity contribution is 7.89. The minimum absolute atomic E-state index is 0.114. The molecule has 0 bridgehead atoms. The molecular weight excluding hydrogens is 476 g/mol. The van der Waals surface area contributed by atoms with Crippen molar-refractivity contribution in [1.29, 1.82) is 0 Å². The molecule has 0 radical (unpaired) electrons. The summed E-state index contributed by atoms with van der Waals surface area (Å²) in [5.41, 5.74) is 2.26. The molecule has 35 heavy (non-hydrogen) atoms. The molecule has 0 amide bonds. The molecule has 0 saturated carbocycles. The van der Waals surface area contributed by atoms with Crippen LogP contribution in [0.25, 0.3) is 6.08 Å². The van der Waals surface area contributed by atoms with E-state index in [4.69, 9.17) is 11.6 Å². The highest BCUT2D eigenvalue weighted by atomic mass is 35.5. The van der Waals surface area contributed by atoms with Crippen LogP contribution in [0.4, 0.5) is 0 Å². The Morgan fingerprint density at radius 1 is 0.943 bits per heavy atom. The Morgan fingerprint density at radius 3 is 2.20 bits per heavy atom. The Hall–Kier alpha value is -1.66. The van der Waals surface area contributed by atoms with Gasteiger partial charge in [0.25, 0.3) is 0 Å². The lowest BCUT2D eigenvalue weighted by atomic mass is 10.0. The zero-order valence-corrected chi connectivity index (χ0v) is 23.5. The van der Waals surface area contributed by atoms with Crippen LogP contribution in [0, 0.1) is 0 Å². The van der Waals surface area contributed by atoms with Crippen molar-refractivity contribution in [1.82, 2.24) is 9.21 Å². The van der Waals surface area contributed by atoms with Gasteiger partial charge in [-0.3, -0.25) is 0 Å². The number of halogens is 1. The van der Waals surface area contributed by atoms with Crippen LogP contribution in [-0.2, 0) is 10.0 Å². The Balaban J connectivity index is 2.35. The average Bonchev–Trinajstić information content (AvgIpc) is 2.85.